The van der Waals surface area contributed by atoms with Crippen molar-refractivity contribution in [2.75, 3.05) is 11.9 Å². The monoisotopic (exact) mass is 323 g/mol. The summed E-state index contributed by atoms with van der Waals surface area (Å²) in [6.45, 7) is 0.655. The van der Waals surface area contributed by atoms with Gasteiger partial charge in [-0.1, -0.05) is 29.3 Å². The minimum atomic E-state index is -0.112. The zero-order valence-electron chi connectivity index (χ0n) is 11.3. The standard InChI is InChI=1S/C15H15Cl2N3O/c16-11-4-3-9(12(17)7-11)5-6-18-13-8-14(21)20-15(19-13)10-1-2-10/h3-4,7-8,10H,1-2,5-6H2,(H2,18,19,20,21). The fourth-order valence-corrected chi connectivity index (χ4v) is 2.67. The van der Waals surface area contributed by atoms with Gasteiger partial charge in [0.1, 0.15) is 11.6 Å². The summed E-state index contributed by atoms with van der Waals surface area (Å²) in [6, 6.07) is 6.94. The Morgan fingerprint density at radius 2 is 2.10 bits per heavy atom. The van der Waals surface area contributed by atoms with E-state index in [1.807, 2.05) is 12.1 Å². The van der Waals surface area contributed by atoms with Crippen LogP contribution in [-0.4, -0.2) is 16.5 Å². The zero-order valence-corrected chi connectivity index (χ0v) is 12.8. The molecule has 6 heteroatoms. The number of halogens is 2. The van der Waals surface area contributed by atoms with Crippen molar-refractivity contribution in [3.05, 3.63) is 56.1 Å². The number of hydrogen-bond acceptors (Lipinski definition) is 3. The van der Waals surface area contributed by atoms with Crippen molar-refractivity contribution in [1.29, 1.82) is 0 Å². The minimum Gasteiger partial charge on any atom is -0.370 e. The van der Waals surface area contributed by atoms with E-state index in [0.717, 1.165) is 30.7 Å². The van der Waals surface area contributed by atoms with Gasteiger partial charge in [-0.15, -0.1) is 0 Å². The van der Waals surface area contributed by atoms with Gasteiger partial charge < -0.3 is 10.3 Å². The molecule has 3 rings (SSSR count). The smallest absolute Gasteiger partial charge is 0.252 e. The zero-order chi connectivity index (χ0) is 14.8. The molecule has 0 aliphatic heterocycles. The molecule has 110 valence electrons. The molecule has 0 amide bonds. The van der Waals surface area contributed by atoms with Crippen LogP contribution in [0.25, 0.3) is 0 Å². The lowest BCUT2D eigenvalue weighted by Crippen LogP contribution is -2.14. The van der Waals surface area contributed by atoms with Crippen molar-refractivity contribution in [3.63, 3.8) is 0 Å². The second kappa shape index (κ2) is 6.08. The summed E-state index contributed by atoms with van der Waals surface area (Å²) in [5.41, 5.74) is 0.903. The fraction of sp³-hybridized carbons (Fsp3) is 0.333. The summed E-state index contributed by atoms with van der Waals surface area (Å²) >= 11 is 12.0. The molecule has 1 aromatic carbocycles. The van der Waals surface area contributed by atoms with E-state index in [0.29, 0.717) is 28.3 Å². The maximum atomic E-state index is 11.6. The first-order valence-electron chi connectivity index (χ1n) is 6.91. The fourth-order valence-electron chi connectivity index (χ4n) is 2.17. The molecule has 1 aliphatic rings. The Morgan fingerprint density at radius 3 is 2.81 bits per heavy atom. The van der Waals surface area contributed by atoms with Crippen LogP contribution < -0.4 is 10.9 Å². The summed E-state index contributed by atoms with van der Waals surface area (Å²) in [5.74, 6) is 1.82. The second-order valence-electron chi connectivity index (χ2n) is 5.20. The van der Waals surface area contributed by atoms with Crippen molar-refractivity contribution in [3.8, 4) is 0 Å². The largest absolute Gasteiger partial charge is 0.370 e. The van der Waals surface area contributed by atoms with Gasteiger partial charge in [0.2, 0.25) is 0 Å². The molecule has 2 N–H and O–H groups in total. The number of aromatic nitrogens is 2. The summed E-state index contributed by atoms with van der Waals surface area (Å²) in [6.07, 6.45) is 2.95. The number of H-pyrrole nitrogens is 1. The molecule has 1 aliphatic carbocycles. The second-order valence-corrected chi connectivity index (χ2v) is 6.05. The van der Waals surface area contributed by atoms with Crippen molar-refractivity contribution in [2.24, 2.45) is 0 Å². The highest BCUT2D eigenvalue weighted by Gasteiger charge is 2.26. The lowest BCUT2D eigenvalue weighted by Gasteiger charge is -2.08. The van der Waals surface area contributed by atoms with Crippen molar-refractivity contribution in [2.45, 2.75) is 25.2 Å². The Morgan fingerprint density at radius 1 is 1.29 bits per heavy atom. The Hall–Kier alpha value is -1.52. The van der Waals surface area contributed by atoms with Crippen LogP contribution in [0.3, 0.4) is 0 Å². The van der Waals surface area contributed by atoms with Crippen LogP contribution in [0.5, 0.6) is 0 Å². The number of rotatable bonds is 5. The van der Waals surface area contributed by atoms with Crippen LogP contribution in [-0.2, 0) is 6.42 Å². The van der Waals surface area contributed by atoms with Crippen molar-refractivity contribution < 1.29 is 0 Å². The van der Waals surface area contributed by atoms with Crippen molar-refractivity contribution >= 4 is 29.0 Å². The summed E-state index contributed by atoms with van der Waals surface area (Å²) in [5, 5.41) is 4.46. The van der Waals surface area contributed by atoms with Crippen LogP contribution in [0.1, 0.15) is 30.1 Å². The van der Waals surface area contributed by atoms with E-state index >= 15 is 0 Å². The molecule has 0 atom stereocenters. The maximum absolute atomic E-state index is 11.6. The SMILES string of the molecule is O=c1cc(NCCc2ccc(Cl)cc2Cl)nc(C2CC2)[nH]1. The first-order valence-corrected chi connectivity index (χ1v) is 7.66. The molecule has 4 nitrogen and oxygen atoms in total. The minimum absolute atomic E-state index is 0.112. The van der Waals surface area contributed by atoms with E-state index in [-0.39, 0.29) is 5.56 Å². The molecule has 2 aromatic rings. The summed E-state index contributed by atoms with van der Waals surface area (Å²) in [4.78, 5) is 18.8. The summed E-state index contributed by atoms with van der Waals surface area (Å²) in [7, 11) is 0. The number of anilines is 1. The average molecular weight is 324 g/mol. The quantitative estimate of drug-likeness (QED) is 0.883. The van der Waals surface area contributed by atoms with Gasteiger partial charge in [-0.05, 0) is 37.0 Å². The van der Waals surface area contributed by atoms with E-state index < -0.39 is 0 Å². The Balaban J connectivity index is 1.63. The molecule has 21 heavy (non-hydrogen) atoms. The number of nitrogens with zero attached hydrogens (tertiary/aromatic N) is 1. The van der Waals surface area contributed by atoms with Crippen LogP contribution in [0.2, 0.25) is 10.0 Å². The average Bonchev–Trinajstić information content (AvgIpc) is 3.25. The Bertz CT molecular complexity index is 710. The lowest BCUT2D eigenvalue weighted by molar-refractivity contribution is 0.899. The molecule has 1 saturated carbocycles. The normalized spacial score (nSPS) is 14.2. The molecule has 0 spiro atoms. The number of nitrogens with one attached hydrogen (secondary N) is 2. The van der Waals surface area contributed by atoms with Gasteiger partial charge in [0.05, 0.1) is 0 Å². The molecular formula is C15H15Cl2N3O. The van der Waals surface area contributed by atoms with E-state index in [4.69, 9.17) is 23.2 Å². The van der Waals surface area contributed by atoms with E-state index in [9.17, 15) is 4.79 Å². The Kier molecular flexibility index (Phi) is 4.17. The van der Waals surface area contributed by atoms with Gasteiger partial charge >= 0.3 is 0 Å². The van der Waals surface area contributed by atoms with Crippen LogP contribution in [0.15, 0.2) is 29.1 Å². The van der Waals surface area contributed by atoms with E-state index in [1.54, 1.807) is 6.07 Å². The molecule has 1 aromatic heterocycles. The molecule has 0 radical (unpaired) electrons. The summed E-state index contributed by atoms with van der Waals surface area (Å²) < 4.78 is 0. The van der Waals surface area contributed by atoms with Gasteiger partial charge in [0, 0.05) is 28.6 Å². The third kappa shape index (κ3) is 3.77. The van der Waals surface area contributed by atoms with E-state index in [1.165, 1.54) is 6.07 Å². The van der Waals surface area contributed by atoms with Gasteiger partial charge in [0.15, 0.2) is 0 Å². The van der Waals surface area contributed by atoms with Crippen molar-refractivity contribution in [1.82, 2.24) is 9.97 Å². The van der Waals surface area contributed by atoms with Gasteiger partial charge in [-0.3, -0.25) is 4.79 Å². The third-order valence-corrected chi connectivity index (χ3v) is 4.03. The molecule has 1 heterocycles. The third-order valence-electron chi connectivity index (χ3n) is 3.44. The highest BCUT2D eigenvalue weighted by molar-refractivity contribution is 6.35. The lowest BCUT2D eigenvalue weighted by atomic mass is 10.1. The topological polar surface area (TPSA) is 57.8 Å². The highest BCUT2D eigenvalue weighted by Crippen LogP contribution is 2.37. The maximum Gasteiger partial charge on any atom is 0.252 e. The van der Waals surface area contributed by atoms with Crippen LogP contribution in [0, 0.1) is 0 Å². The Labute approximate surface area is 132 Å². The molecular weight excluding hydrogens is 309 g/mol. The molecule has 0 saturated heterocycles. The van der Waals surface area contributed by atoms with Gasteiger partial charge in [-0.25, -0.2) is 4.98 Å². The molecule has 0 unspecified atom stereocenters. The number of benzene rings is 1. The number of hydrogen-bond donors (Lipinski definition) is 2. The van der Waals surface area contributed by atoms with Gasteiger partial charge in [0.25, 0.3) is 5.56 Å². The van der Waals surface area contributed by atoms with E-state index in [2.05, 4.69) is 15.3 Å². The van der Waals surface area contributed by atoms with Crippen LogP contribution >= 0.6 is 23.2 Å². The molecule has 0 bridgehead atoms. The van der Waals surface area contributed by atoms with Gasteiger partial charge in [-0.2, -0.15) is 0 Å². The molecule has 1 fully saturated rings. The first-order chi connectivity index (χ1) is 10.1. The van der Waals surface area contributed by atoms with Crippen LogP contribution in [0.4, 0.5) is 5.82 Å². The number of aromatic amines is 1. The predicted octanol–water partition coefficient (Wildman–Crippen LogP) is 3.61. The first kappa shape index (κ1) is 14.4. The predicted molar refractivity (Wildman–Crippen MR) is 85.5 cm³/mol. The highest BCUT2D eigenvalue weighted by atomic mass is 35.5.